The van der Waals surface area contributed by atoms with Gasteiger partial charge in [-0.15, -0.1) is 11.3 Å². The summed E-state index contributed by atoms with van der Waals surface area (Å²) in [7, 11) is 0. The Morgan fingerprint density at radius 1 is 1.38 bits per heavy atom. The van der Waals surface area contributed by atoms with Crippen molar-refractivity contribution in [3.63, 3.8) is 0 Å². The van der Waals surface area contributed by atoms with Crippen LogP contribution in [0, 0.1) is 6.92 Å². The number of carbonyl (C=O) groups is 1. The number of phenolic OH excluding ortho intramolecular Hbond substituents is 1. The Bertz CT molecular complexity index is 654. The van der Waals surface area contributed by atoms with Gasteiger partial charge < -0.3 is 0 Å². The molecule has 0 saturated carbocycles. The molecule has 4 N–H and O–H groups in total. The Morgan fingerprint density at radius 3 is 2.43 bits per heavy atom. The fourth-order valence-electron chi connectivity index (χ4n) is 1.35. The molecule has 0 saturated heterocycles. The first kappa shape index (κ1) is 17.4. The van der Waals surface area contributed by atoms with Gasteiger partial charge in [0, 0.05) is 11.1 Å². The molecule has 2 rings (SSSR count). The number of aromatic hydroxyl groups is 1. The summed E-state index contributed by atoms with van der Waals surface area (Å²) in [5.74, 6) is -0.880. The molecule has 0 aliphatic carbocycles. The Morgan fingerprint density at radius 2 is 2.05 bits per heavy atom. The molecule has 0 atom stereocenters. The number of benzene rings is 1. The van der Waals surface area contributed by atoms with Gasteiger partial charge in [-0.2, -0.15) is 0 Å². The Balaban J connectivity index is 0.000000304. The molecule has 1 aromatic heterocycles. The molecule has 0 aliphatic heterocycles. The number of anilines is 1. The van der Waals surface area contributed by atoms with E-state index in [1.165, 1.54) is 30.0 Å². The summed E-state index contributed by atoms with van der Waals surface area (Å²) in [5.41, 5.74) is 1.60. The number of phenols is 1. The van der Waals surface area contributed by atoms with Gasteiger partial charge in [0.1, 0.15) is 0 Å². The summed E-state index contributed by atoms with van der Waals surface area (Å²) in [6.45, 7) is 3.22. The van der Waals surface area contributed by atoms with Crippen molar-refractivity contribution in [2.45, 2.75) is 13.8 Å². The van der Waals surface area contributed by atoms with Crippen molar-refractivity contribution < 1.29 is 21.8 Å². The maximum absolute atomic E-state index is 11.1. The van der Waals surface area contributed by atoms with Crippen molar-refractivity contribution in [3.8, 4) is 5.75 Å². The van der Waals surface area contributed by atoms with E-state index in [1.807, 2.05) is 18.6 Å². The molecule has 21 heavy (non-hydrogen) atoms. The zero-order chi connectivity index (χ0) is 16.0. The summed E-state index contributed by atoms with van der Waals surface area (Å²) in [5, 5.41) is 11.5. The van der Waals surface area contributed by atoms with E-state index in [0.29, 0.717) is 0 Å². The van der Waals surface area contributed by atoms with Crippen LogP contribution in [0.15, 0.2) is 29.9 Å². The van der Waals surface area contributed by atoms with Crippen LogP contribution >= 0.6 is 11.3 Å². The number of nitrogens with one attached hydrogen (secondary N) is 1. The number of rotatable bonds is 2. The van der Waals surface area contributed by atoms with Gasteiger partial charge in [-0.3, -0.25) is 4.98 Å². The van der Waals surface area contributed by atoms with Crippen LogP contribution in [0.25, 0.3) is 0 Å². The van der Waals surface area contributed by atoms with Crippen molar-refractivity contribution in [1.82, 2.24) is 4.98 Å². The number of hydrogen-bond donors (Lipinski definition) is 4. The van der Waals surface area contributed by atoms with Gasteiger partial charge in [0.15, 0.2) is 0 Å². The van der Waals surface area contributed by atoms with Gasteiger partial charge in [0.2, 0.25) is 0 Å². The average Bonchev–Trinajstić information content (AvgIpc) is 2.82. The number of aryl methyl sites for hydroxylation is 1. The molecule has 0 unspecified atom stereocenters. The van der Waals surface area contributed by atoms with E-state index < -0.39 is 20.1 Å². The summed E-state index contributed by atoms with van der Waals surface area (Å²) in [6, 6.07) is 3.71. The number of carbonyl (C=O) groups excluding carboxylic acids is 1. The van der Waals surface area contributed by atoms with Crippen molar-refractivity contribution >= 4 is 41.5 Å². The molecular formula is C12H15AsN2O5S. The maximum Gasteiger partial charge on any atom is 0.0794 e. The quantitative estimate of drug-likeness (QED) is 0.445. The summed E-state index contributed by atoms with van der Waals surface area (Å²) in [4.78, 5) is 15.9. The molecule has 0 aliphatic rings. The maximum atomic E-state index is 11.1. The predicted octanol–water partition coefficient (Wildman–Crippen LogP) is 0.363. The number of amides is 1. The van der Waals surface area contributed by atoms with Crippen LogP contribution in [0.2, 0.25) is 0 Å². The van der Waals surface area contributed by atoms with Gasteiger partial charge in [0.05, 0.1) is 5.51 Å². The smallest absolute Gasteiger partial charge is 0.0794 e. The molecular weight excluding hydrogens is 359 g/mol. The fourth-order valence-corrected chi connectivity index (χ4v) is 3.32. The van der Waals surface area contributed by atoms with E-state index in [1.54, 1.807) is 11.3 Å². The molecule has 114 valence electrons. The third-order valence-corrected chi connectivity index (χ3v) is 4.99. The molecule has 2 aromatic rings. The van der Waals surface area contributed by atoms with Gasteiger partial charge in [-0.1, -0.05) is 0 Å². The average molecular weight is 374 g/mol. The largest absolute Gasteiger partial charge is 0.253 e. The Kier molecular flexibility index (Phi) is 6.16. The monoisotopic (exact) mass is 374 g/mol. The van der Waals surface area contributed by atoms with Crippen LogP contribution in [0.5, 0.6) is 5.75 Å². The van der Waals surface area contributed by atoms with Gasteiger partial charge in [-0.25, -0.2) is 0 Å². The SMILES string of the molecule is CC(=O)Nc1c(O)cccc1[As](=O)(O)O.Cc1cncs1. The van der Waals surface area contributed by atoms with E-state index in [0.717, 1.165) is 0 Å². The third-order valence-electron chi connectivity index (χ3n) is 2.19. The van der Waals surface area contributed by atoms with Gasteiger partial charge >= 0.3 is 88.1 Å². The fraction of sp³-hybridized carbons (Fsp3) is 0.167. The first-order valence-electron chi connectivity index (χ1n) is 5.72. The minimum absolute atomic E-state index is 0.225. The number of thiazole rings is 1. The van der Waals surface area contributed by atoms with E-state index in [4.69, 9.17) is 8.19 Å². The molecule has 0 fully saturated rings. The number of para-hydroxylation sites is 1. The van der Waals surface area contributed by atoms with Crippen LogP contribution in [-0.2, 0) is 8.53 Å². The van der Waals surface area contributed by atoms with Crippen LogP contribution in [0.1, 0.15) is 11.8 Å². The molecule has 9 heteroatoms. The Labute approximate surface area is 128 Å². The summed E-state index contributed by atoms with van der Waals surface area (Å²) >= 11 is -3.48. The number of hydrogen-bond acceptors (Lipinski definition) is 5. The topological polar surface area (TPSA) is 120 Å². The minimum atomic E-state index is -5.14. The molecule has 1 amide bonds. The van der Waals surface area contributed by atoms with Crippen LogP contribution in [0.4, 0.5) is 5.69 Å². The zero-order valence-electron chi connectivity index (χ0n) is 11.3. The first-order chi connectivity index (χ1) is 9.71. The van der Waals surface area contributed by atoms with E-state index in [-0.39, 0.29) is 15.8 Å². The second-order valence-corrected chi connectivity index (χ2v) is 8.39. The molecule has 7 nitrogen and oxygen atoms in total. The van der Waals surface area contributed by atoms with Gasteiger partial charge in [0.25, 0.3) is 0 Å². The zero-order valence-corrected chi connectivity index (χ0v) is 14.0. The molecule has 0 radical (unpaired) electrons. The van der Waals surface area contributed by atoms with Crippen molar-refractivity contribution in [2.24, 2.45) is 0 Å². The summed E-state index contributed by atoms with van der Waals surface area (Å²) < 4.78 is 28.8. The van der Waals surface area contributed by atoms with Crippen LogP contribution in [0.3, 0.4) is 0 Å². The van der Waals surface area contributed by atoms with Crippen molar-refractivity contribution in [1.29, 1.82) is 0 Å². The van der Waals surface area contributed by atoms with Crippen LogP contribution in [-0.4, -0.2) is 38.4 Å². The Hall–Kier alpha value is -1.60. The minimum Gasteiger partial charge on any atom is -0.253 e. The second kappa shape index (κ2) is 7.42. The summed E-state index contributed by atoms with van der Waals surface area (Å²) in [6.07, 6.45) is 1.85. The van der Waals surface area contributed by atoms with Crippen molar-refractivity contribution in [3.05, 3.63) is 34.8 Å². The van der Waals surface area contributed by atoms with Gasteiger partial charge in [-0.05, 0) is 6.92 Å². The second-order valence-electron chi connectivity index (χ2n) is 4.01. The molecule has 0 bridgehead atoms. The van der Waals surface area contributed by atoms with Crippen molar-refractivity contribution in [2.75, 3.05) is 5.32 Å². The predicted molar refractivity (Wildman–Crippen MR) is 79.8 cm³/mol. The normalized spacial score (nSPS) is 10.5. The number of aromatic nitrogens is 1. The third kappa shape index (κ3) is 5.72. The first-order valence-corrected chi connectivity index (χ1v) is 9.99. The van der Waals surface area contributed by atoms with E-state index >= 15 is 0 Å². The number of nitrogens with zero attached hydrogens (tertiary/aromatic N) is 1. The standard InChI is InChI=1S/C8H10AsNO5.C4H5NS/c1-5(11)10-8-6(9(13,14)15)3-2-4-7(8)12;1-4-2-5-3-6-4/h2-4,12H,1H3,(H,10,11)(H2,13,14,15);2-3H,1H3. The van der Waals surface area contributed by atoms with E-state index in [9.17, 15) is 13.6 Å². The molecule has 0 spiro atoms. The van der Waals surface area contributed by atoms with Crippen LogP contribution < -0.4 is 9.67 Å². The molecule has 1 heterocycles. The molecule has 1 aromatic carbocycles. The van der Waals surface area contributed by atoms with E-state index in [2.05, 4.69) is 10.3 Å².